The van der Waals surface area contributed by atoms with Gasteiger partial charge >= 0.3 is 0 Å². The first-order valence-electron chi connectivity index (χ1n) is 11.3. The molecular formula is C23H29FN8O. The van der Waals surface area contributed by atoms with Crippen LogP contribution in [0.4, 0.5) is 16.2 Å². The summed E-state index contributed by atoms with van der Waals surface area (Å²) < 4.78 is 16.5. The van der Waals surface area contributed by atoms with Crippen molar-refractivity contribution in [1.29, 1.82) is 0 Å². The summed E-state index contributed by atoms with van der Waals surface area (Å²) in [5.74, 6) is 0.0590. The number of halogens is 1. The maximum Gasteiger partial charge on any atom is 0.227 e. The highest BCUT2D eigenvalue weighted by Crippen LogP contribution is 2.29. The number of nitrogens with one attached hydrogen (secondary N) is 1. The minimum absolute atomic E-state index is 0.0594. The van der Waals surface area contributed by atoms with Crippen molar-refractivity contribution in [1.82, 2.24) is 29.6 Å². The van der Waals surface area contributed by atoms with E-state index in [0.717, 1.165) is 37.5 Å². The van der Waals surface area contributed by atoms with Crippen molar-refractivity contribution >= 4 is 23.3 Å². The number of likely N-dealkylation sites (N-methyl/N-ethyl adjacent to an activating group) is 1. The molecule has 0 aliphatic carbocycles. The third-order valence-electron chi connectivity index (χ3n) is 6.54. The number of pyridine rings is 1. The van der Waals surface area contributed by atoms with Gasteiger partial charge in [-0.1, -0.05) is 6.07 Å². The highest BCUT2D eigenvalue weighted by molar-refractivity contribution is 5.82. The molecule has 9 nitrogen and oxygen atoms in total. The predicted molar refractivity (Wildman–Crippen MR) is 124 cm³/mol. The number of aromatic nitrogens is 4. The second kappa shape index (κ2) is 8.26. The Morgan fingerprint density at radius 1 is 1.09 bits per heavy atom. The number of carbonyl (C=O) groups is 1. The lowest BCUT2D eigenvalue weighted by Gasteiger charge is -2.41. The first-order valence-corrected chi connectivity index (χ1v) is 11.3. The summed E-state index contributed by atoms with van der Waals surface area (Å²) in [4.78, 5) is 32.2. The number of amides is 1. The number of hydrogen-bond acceptors (Lipinski definition) is 7. The maximum atomic E-state index is 14.5. The zero-order valence-corrected chi connectivity index (χ0v) is 19.2. The fourth-order valence-corrected chi connectivity index (χ4v) is 4.42. The van der Waals surface area contributed by atoms with E-state index in [1.807, 2.05) is 47.5 Å². The summed E-state index contributed by atoms with van der Waals surface area (Å²) in [6.07, 6.45) is 4.96. The minimum Gasteiger partial charge on any atom is -0.352 e. The highest BCUT2D eigenvalue weighted by Gasteiger charge is 2.38. The average molecular weight is 453 g/mol. The fourth-order valence-electron chi connectivity index (χ4n) is 4.42. The molecule has 33 heavy (non-hydrogen) atoms. The summed E-state index contributed by atoms with van der Waals surface area (Å²) in [6, 6.07) is 5.80. The van der Waals surface area contributed by atoms with Gasteiger partial charge in [-0.15, -0.1) is 0 Å². The maximum absolute atomic E-state index is 14.5. The molecule has 0 bridgehead atoms. The Kier molecular flexibility index (Phi) is 5.40. The second-order valence-electron chi connectivity index (χ2n) is 9.42. The molecule has 0 spiro atoms. The Morgan fingerprint density at radius 2 is 1.85 bits per heavy atom. The largest absolute Gasteiger partial charge is 0.352 e. The van der Waals surface area contributed by atoms with Gasteiger partial charge in [-0.2, -0.15) is 4.98 Å². The summed E-state index contributed by atoms with van der Waals surface area (Å²) in [6.45, 7) is 8.23. The van der Waals surface area contributed by atoms with Crippen LogP contribution in [0.1, 0.15) is 19.5 Å². The third-order valence-corrected chi connectivity index (χ3v) is 6.54. The molecule has 3 aromatic rings. The van der Waals surface area contributed by atoms with Gasteiger partial charge in [0.05, 0.1) is 29.5 Å². The molecule has 10 heteroatoms. The highest BCUT2D eigenvalue weighted by atomic mass is 19.1. The molecule has 5 heterocycles. The Hall–Kier alpha value is -3.27. The molecule has 1 amide bonds. The van der Waals surface area contributed by atoms with Gasteiger partial charge in [0.15, 0.2) is 11.6 Å². The van der Waals surface area contributed by atoms with E-state index in [2.05, 4.69) is 37.1 Å². The quantitative estimate of drug-likeness (QED) is 0.628. The Balaban J connectivity index is 1.24. The smallest absolute Gasteiger partial charge is 0.227 e. The molecule has 2 saturated heterocycles. The van der Waals surface area contributed by atoms with E-state index < -0.39 is 11.4 Å². The lowest BCUT2D eigenvalue weighted by Crippen LogP contribution is -2.57. The van der Waals surface area contributed by atoms with E-state index in [-0.39, 0.29) is 17.6 Å². The van der Waals surface area contributed by atoms with Crippen molar-refractivity contribution in [3.05, 3.63) is 48.3 Å². The van der Waals surface area contributed by atoms with Crippen LogP contribution in [-0.2, 0) is 10.3 Å². The molecule has 2 aliphatic heterocycles. The monoisotopic (exact) mass is 452 g/mol. The number of piperazine rings is 1. The van der Waals surface area contributed by atoms with E-state index in [9.17, 15) is 9.18 Å². The van der Waals surface area contributed by atoms with Gasteiger partial charge in [0.2, 0.25) is 11.9 Å². The summed E-state index contributed by atoms with van der Waals surface area (Å²) in [5.41, 5.74) is 1.13. The van der Waals surface area contributed by atoms with Crippen molar-refractivity contribution in [2.45, 2.75) is 19.4 Å². The molecule has 0 unspecified atom stereocenters. The molecule has 2 aliphatic rings. The Labute approximate surface area is 192 Å². The molecule has 5 rings (SSSR count). The van der Waals surface area contributed by atoms with Crippen LogP contribution in [0.3, 0.4) is 0 Å². The van der Waals surface area contributed by atoms with Gasteiger partial charge in [0.25, 0.3) is 0 Å². The van der Waals surface area contributed by atoms with Crippen LogP contribution in [0, 0.1) is 11.7 Å². The van der Waals surface area contributed by atoms with Gasteiger partial charge < -0.3 is 24.4 Å². The van der Waals surface area contributed by atoms with Gasteiger partial charge in [-0.05, 0) is 33.0 Å². The molecular weight excluding hydrogens is 423 g/mol. The van der Waals surface area contributed by atoms with Crippen LogP contribution >= 0.6 is 0 Å². The minimum atomic E-state index is -0.604. The number of nitrogens with zero attached hydrogens (tertiary/aromatic N) is 7. The van der Waals surface area contributed by atoms with Gasteiger partial charge in [-0.25, -0.2) is 14.4 Å². The lowest BCUT2D eigenvalue weighted by atomic mass is 9.95. The van der Waals surface area contributed by atoms with Crippen LogP contribution < -0.4 is 15.1 Å². The van der Waals surface area contributed by atoms with Crippen molar-refractivity contribution < 1.29 is 9.18 Å². The van der Waals surface area contributed by atoms with E-state index in [4.69, 9.17) is 0 Å². The molecule has 0 saturated carbocycles. The summed E-state index contributed by atoms with van der Waals surface area (Å²) >= 11 is 0. The van der Waals surface area contributed by atoms with E-state index >= 15 is 0 Å². The Bertz CT molecular complexity index is 1160. The van der Waals surface area contributed by atoms with Crippen LogP contribution in [-0.4, -0.2) is 76.5 Å². The first-order chi connectivity index (χ1) is 15.8. The summed E-state index contributed by atoms with van der Waals surface area (Å²) in [5, 5.41) is 3.14. The van der Waals surface area contributed by atoms with Gasteiger partial charge in [0.1, 0.15) is 5.65 Å². The zero-order chi connectivity index (χ0) is 23.2. The van der Waals surface area contributed by atoms with Crippen LogP contribution in [0.2, 0.25) is 0 Å². The SMILES string of the molecule is CN1CCN(c2ncc(F)c(N3CC(C(=O)NC(C)(C)c4cnc5ccccn45)C3)n2)CC1. The number of hydrogen-bond donors (Lipinski definition) is 1. The van der Waals surface area contributed by atoms with Crippen molar-refractivity contribution in [2.24, 2.45) is 5.92 Å². The fraction of sp³-hybridized carbons (Fsp3) is 0.478. The lowest BCUT2D eigenvalue weighted by molar-refractivity contribution is -0.127. The first kappa shape index (κ1) is 21.6. The molecule has 0 atom stereocenters. The molecule has 3 aromatic heterocycles. The second-order valence-corrected chi connectivity index (χ2v) is 9.42. The molecule has 1 N–H and O–H groups in total. The van der Waals surface area contributed by atoms with Crippen molar-refractivity contribution in [2.75, 3.05) is 56.1 Å². The summed E-state index contributed by atoms with van der Waals surface area (Å²) in [7, 11) is 2.08. The zero-order valence-electron chi connectivity index (χ0n) is 19.2. The van der Waals surface area contributed by atoms with Crippen molar-refractivity contribution in [3.8, 4) is 0 Å². The number of rotatable bonds is 5. The van der Waals surface area contributed by atoms with Crippen LogP contribution in [0.15, 0.2) is 36.8 Å². The van der Waals surface area contributed by atoms with E-state index in [1.54, 1.807) is 6.20 Å². The van der Waals surface area contributed by atoms with Crippen LogP contribution in [0.25, 0.3) is 5.65 Å². The molecule has 174 valence electrons. The number of fused-ring (bicyclic) bond motifs is 1. The van der Waals surface area contributed by atoms with Gasteiger partial charge in [-0.3, -0.25) is 4.79 Å². The number of imidazole rings is 1. The Morgan fingerprint density at radius 3 is 2.61 bits per heavy atom. The number of anilines is 2. The third kappa shape index (κ3) is 4.10. The molecule has 0 radical (unpaired) electrons. The standard InChI is InChI=1S/C23H29FN8O/c1-23(2,18-13-25-19-6-4-5-7-32(18)19)28-21(33)16-14-31(15-16)20-17(24)12-26-22(27-20)30-10-8-29(3)9-11-30/h4-7,12-13,16H,8-11,14-15H2,1-3H3,(H,28,33). The van der Waals surface area contributed by atoms with E-state index in [1.165, 1.54) is 6.20 Å². The molecule has 2 fully saturated rings. The average Bonchev–Trinajstić information content (AvgIpc) is 3.19. The van der Waals surface area contributed by atoms with Crippen molar-refractivity contribution in [3.63, 3.8) is 0 Å². The number of carbonyl (C=O) groups excluding carboxylic acids is 1. The van der Waals surface area contributed by atoms with Crippen LogP contribution in [0.5, 0.6) is 0 Å². The normalized spacial score (nSPS) is 17.9. The predicted octanol–water partition coefficient (Wildman–Crippen LogP) is 1.50. The van der Waals surface area contributed by atoms with Gasteiger partial charge in [0, 0.05) is 45.5 Å². The van der Waals surface area contributed by atoms with E-state index in [0.29, 0.717) is 19.0 Å². The molecule has 0 aromatic carbocycles. The topological polar surface area (TPSA) is 81.9 Å².